The number of benzene rings is 1. The second-order valence-electron chi connectivity index (χ2n) is 6.99. The van der Waals surface area contributed by atoms with Crippen LogP contribution in [0.2, 0.25) is 0 Å². The van der Waals surface area contributed by atoms with E-state index in [4.69, 9.17) is 0 Å². The van der Waals surface area contributed by atoms with E-state index in [-0.39, 0.29) is 23.8 Å². The van der Waals surface area contributed by atoms with E-state index in [0.717, 1.165) is 24.2 Å². The Labute approximate surface area is 141 Å². The fourth-order valence-corrected chi connectivity index (χ4v) is 3.92. The minimum absolute atomic E-state index is 0.0355. The van der Waals surface area contributed by atoms with E-state index in [1.165, 1.54) is 0 Å². The number of likely N-dealkylation sites (tertiary alicyclic amines) is 1. The minimum atomic E-state index is -0.235. The molecule has 2 aliphatic rings. The number of amides is 1. The molecule has 2 bridgehead atoms. The van der Waals surface area contributed by atoms with E-state index in [9.17, 15) is 9.90 Å². The third-order valence-electron chi connectivity index (χ3n) is 5.42. The first-order valence-corrected chi connectivity index (χ1v) is 8.48. The van der Waals surface area contributed by atoms with Crippen molar-refractivity contribution >= 4 is 5.91 Å². The first-order valence-electron chi connectivity index (χ1n) is 8.48. The molecule has 6 heteroatoms. The summed E-state index contributed by atoms with van der Waals surface area (Å²) >= 11 is 0. The first-order chi connectivity index (χ1) is 11.5. The fourth-order valence-electron chi connectivity index (χ4n) is 3.92. The number of carbonyl (C=O) groups excluding carboxylic acids is 1. The standard InChI is InChI=1S/C18H22N4O2/c1-11-19-17(20-21(11)2)12-4-3-5-13(8-12)18(24)22-9-14-6-7-15(10-22)16(14)23/h3-5,8,14-16,23H,6-7,9-10H2,1-2H3/t14-,15+,16?. The van der Waals surface area contributed by atoms with Crippen LogP contribution in [-0.2, 0) is 7.05 Å². The second kappa shape index (κ2) is 5.70. The number of aliphatic hydroxyl groups excluding tert-OH is 1. The molecule has 126 valence electrons. The number of aryl methyl sites for hydroxylation is 2. The van der Waals surface area contributed by atoms with Crippen molar-refractivity contribution < 1.29 is 9.90 Å². The van der Waals surface area contributed by atoms with E-state index >= 15 is 0 Å². The molecule has 0 radical (unpaired) electrons. The highest BCUT2D eigenvalue weighted by Crippen LogP contribution is 2.37. The molecule has 1 saturated heterocycles. The van der Waals surface area contributed by atoms with Gasteiger partial charge >= 0.3 is 0 Å². The Morgan fingerprint density at radius 2 is 1.96 bits per heavy atom. The molecule has 2 heterocycles. The molecular weight excluding hydrogens is 304 g/mol. The lowest BCUT2D eigenvalue weighted by Gasteiger charge is -2.35. The molecular formula is C18H22N4O2. The van der Waals surface area contributed by atoms with Gasteiger partial charge in [-0.15, -0.1) is 0 Å². The van der Waals surface area contributed by atoms with Gasteiger partial charge in [-0.25, -0.2) is 4.98 Å². The Morgan fingerprint density at radius 1 is 1.25 bits per heavy atom. The van der Waals surface area contributed by atoms with Crippen molar-refractivity contribution in [2.45, 2.75) is 25.9 Å². The summed E-state index contributed by atoms with van der Waals surface area (Å²) in [6.45, 7) is 3.21. The van der Waals surface area contributed by atoms with Gasteiger partial charge in [-0.3, -0.25) is 9.48 Å². The zero-order chi connectivity index (χ0) is 16.8. The van der Waals surface area contributed by atoms with Gasteiger partial charge in [0.1, 0.15) is 5.82 Å². The molecule has 1 aromatic carbocycles. The molecule has 3 atom stereocenters. The SMILES string of the molecule is Cc1nc(-c2cccc(C(=O)N3C[C@H]4CC[C@@H](C3)C4O)c2)nn1C. The van der Waals surface area contributed by atoms with Crippen LogP contribution in [0.4, 0.5) is 0 Å². The van der Waals surface area contributed by atoms with Crippen LogP contribution in [0, 0.1) is 18.8 Å². The molecule has 1 N–H and O–H groups in total. The Morgan fingerprint density at radius 3 is 2.58 bits per heavy atom. The Balaban J connectivity index is 1.58. The average Bonchev–Trinajstić information content (AvgIpc) is 3.01. The molecule has 0 spiro atoms. The number of rotatable bonds is 2. The summed E-state index contributed by atoms with van der Waals surface area (Å²) in [5, 5.41) is 14.5. The van der Waals surface area contributed by atoms with Crippen LogP contribution < -0.4 is 0 Å². The van der Waals surface area contributed by atoms with Gasteiger partial charge in [0.05, 0.1) is 6.10 Å². The van der Waals surface area contributed by atoms with E-state index in [1.54, 1.807) is 4.68 Å². The Bertz CT molecular complexity index is 752. The van der Waals surface area contributed by atoms with Gasteiger partial charge in [-0.1, -0.05) is 12.1 Å². The van der Waals surface area contributed by atoms with Crippen molar-refractivity contribution in [1.29, 1.82) is 0 Å². The smallest absolute Gasteiger partial charge is 0.253 e. The summed E-state index contributed by atoms with van der Waals surface area (Å²) in [6.07, 6.45) is 1.81. The van der Waals surface area contributed by atoms with Crippen molar-refractivity contribution in [1.82, 2.24) is 19.7 Å². The maximum atomic E-state index is 12.9. The summed E-state index contributed by atoms with van der Waals surface area (Å²) in [4.78, 5) is 19.2. The van der Waals surface area contributed by atoms with Crippen molar-refractivity contribution in [2.24, 2.45) is 18.9 Å². The Kier molecular flexibility index (Phi) is 3.64. The van der Waals surface area contributed by atoms with Crippen molar-refractivity contribution in [3.05, 3.63) is 35.7 Å². The number of fused-ring (bicyclic) bond motifs is 2. The topological polar surface area (TPSA) is 71.2 Å². The van der Waals surface area contributed by atoms with E-state index in [1.807, 2.05) is 43.1 Å². The third-order valence-corrected chi connectivity index (χ3v) is 5.42. The highest BCUT2D eigenvalue weighted by molar-refractivity contribution is 5.95. The zero-order valence-corrected chi connectivity index (χ0v) is 14.0. The highest BCUT2D eigenvalue weighted by atomic mass is 16.3. The van der Waals surface area contributed by atoms with Gasteiger partial charge < -0.3 is 10.0 Å². The third kappa shape index (κ3) is 2.51. The van der Waals surface area contributed by atoms with Crippen molar-refractivity contribution in [2.75, 3.05) is 13.1 Å². The number of aliphatic hydroxyl groups is 1. The summed E-state index contributed by atoms with van der Waals surface area (Å²) in [7, 11) is 1.86. The normalized spacial score (nSPS) is 26.0. The lowest BCUT2D eigenvalue weighted by atomic mass is 9.94. The summed E-state index contributed by atoms with van der Waals surface area (Å²) < 4.78 is 1.73. The van der Waals surface area contributed by atoms with Crippen LogP contribution in [-0.4, -0.2) is 49.9 Å². The minimum Gasteiger partial charge on any atom is -0.392 e. The molecule has 1 amide bonds. The lowest BCUT2D eigenvalue weighted by Crippen LogP contribution is -2.47. The van der Waals surface area contributed by atoms with Gasteiger partial charge in [0.15, 0.2) is 5.82 Å². The molecule has 6 nitrogen and oxygen atoms in total. The molecule has 1 saturated carbocycles. The quantitative estimate of drug-likeness (QED) is 0.910. The van der Waals surface area contributed by atoms with E-state index in [0.29, 0.717) is 24.5 Å². The summed E-state index contributed by atoms with van der Waals surface area (Å²) in [5.74, 6) is 1.97. The number of aromatic nitrogens is 3. The molecule has 1 aromatic heterocycles. The number of hydrogen-bond donors (Lipinski definition) is 1. The molecule has 2 aromatic rings. The summed E-state index contributed by atoms with van der Waals surface area (Å²) in [5.41, 5.74) is 1.51. The second-order valence-corrected chi connectivity index (χ2v) is 6.99. The summed E-state index contributed by atoms with van der Waals surface area (Å²) in [6, 6.07) is 7.51. The zero-order valence-electron chi connectivity index (χ0n) is 14.0. The predicted octanol–water partition coefficient (Wildman–Crippen LogP) is 1.63. The number of nitrogens with zero attached hydrogens (tertiary/aromatic N) is 4. The van der Waals surface area contributed by atoms with Crippen molar-refractivity contribution in [3.8, 4) is 11.4 Å². The van der Waals surface area contributed by atoms with Gasteiger partial charge in [0, 0.05) is 43.1 Å². The van der Waals surface area contributed by atoms with Crippen LogP contribution in [0.1, 0.15) is 29.0 Å². The van der Waals surface area contributed by atoms with Gasteiger partial charge in [-0.05, 0) is 31.9 Å². The largest absolute Gasteiger partial charge is 0.392 e. The maximum Gasteiger partial charge on any atom is 0.253 e. The van der Waals surface area contributed by atoms with E-state index < -0.39 is 0 Å². The first kappa shape index (κ1) is 15.3. The molecule has 1 aliphatic carbocycles. The van der Waals surface area contributed by atoms with Crippen LogP contribution in [0.3, 0.4) is 0 Å². The van der Waals surface area contributed by atoms with Crippen molar-refractivity contribution in [3.63, 3.8) is 0 Å². The molecule has 1 unspecified atom stereocenters. The average molecular weight is 326 g/mol. The molecule has 2 fully saturated rings. The van der Waals surface area contributed by atoms with Gasteiger partial charge in [0.25, 0.3) is 5.91 Å². The van der Waals surface area contributed by atoms with Crippen LogP contribution in [0.25, 0.3) is 11.4 Å². The number of carbonyl (C=O) groups is 1. The number of hydrogen-bond acceptors (Lipinski definition) is 4. The highest BCUT2D eigenvalue weighted by Gasteiger charge is 2.42. The van der Waals surface area contributed by atoms with E-state index in [2.05, 4.69) is 10.1 Å². The Hall–Kier alpha value is -2.21. The van der Waals surface area contributed by atoms with Crippen LogP contribution in [0.5, 0.6) is 0 Å². The van der Waals surface area contributed by atoms with Gasteiger partial charge in [-0.2, -0.15) is 5.10 Å². The molecule has 1 aliphatic heterocycles. The molecule has 4 rings (SSSR count). The number of piperidine rings is 1. The van der Waals surface area contributed by atoms with Crippen LogP contribution in [0.15, 0.2) is 24.3 Å². The lowest BCUT2D eigenvalue weighted by molar-refractivity contribution is 0.0166. The maximum absolute atomic E-state index is 12.9. The van der Waals surface area contributed by atoms with Crippen LogP contribution >= 0.6 is 0 Å². The van der Waals surface area contributed by atoms with Gasteiger partial charge in [0.2, 0.25) is 0 Å². The predicted molar refractivity (Wildman–Crippen MR) is 89.3 cm³/mol. The fraction of sp³-hybridized carbons (Fsp3) is 0.500. The molecule has 24 heavy (non-hydrogen) atoms. The monoisotopic (exact) mass is 326 g/mol.